The summed E-state index contributed by atoms with van der Waals surface area (Å²) in [6, 6.07) is 0.767. The fraction of sp³-hybridized carbons (Fsp3) is 0.786. The summed E-state index contributed by atoms with van der Waals surface area (Å²) in [5.74, 6) is 0. The van der Waals surface area contributed by atoms with Crippen molar-refractivity contribution in [2.24, 2.45) is 0 Å². The lowest BCUT2D eigenvalue weighted by Crippen LogP contribution is -2.25. The first-order valence-corrected chi connectivity index (χ1v) is 7.96. The van der Waals surface area contributed by atoms with Crippen LogP contribution in [-0.2, 0) is 16.9 Å². The van der Waals surface area contributed by atoms with Crippen LogP contribution in [0.2, 0.25) is 0 Å². The molecule has 0 unspecified atom stereocenters. The van der Waals surface area contributed by atoms with Crippen molar-refractivity contribution in [1.29, 1.82) is 0 Å². The standard InChI is InChI=1S/C14H22N2OS/c1-2-17-14(7-3-4-8-14)13-16-10-12(18-13)9-15-11-5-6-11/h10-11,15H,2-9H2,1H3. The number of rotatable bonds is 6. The number of nitrogens with zero attached hydrogens (tertiary/aromatic N) is 1. The Kier molecular flexibility index (Phi) is 3.68. The lowest BCUT2D eigenvalue weighted by Gasteiger charge is -2.26. The maximum Gasteiger partial charge on any atom is 0.125 e. The van der Waals surface area contributed by atoms with Crippen molar-refractivity contribution in [2.45, 2.75) is 63.6 Å². The average molecular weight is 266 g/mol. The lowest BCUT2D eigenvalue weighted by atomic mass is 10.0. The molecule has 1 N–H and O–H groups in total. The molecular formula is C14H22N2OS. The summed E-state index contributed by atoms with van der Waals surface area (Å²) in [4.78, 5) is 5.99. The van der Waals surface area contributed by atoms with Gasteiger partial charge in [0, 0.05) is 30.3 Å². The Morgan fingerprint density at radius 3 is 2.89 bits per heavy atom. The Hall–Kier alpha value is -0.450. The van der Waals surface area contributed by atoms with Gasteiger partial charge in [0.2, 0.25) is 0 Å². The summed E-state index contributed by atoms with van der Waals surface area (Å²) in [5.41, 5.74) is -0.0583. The predicted octanol–water partition coefficient (Wildman–Crippen LogP) is 3.20. The van der Waals surface area contributed by atoms with Crippen molar-refractivity contribution in [2.75, 3.05) is 6.61 Å². The molecule has 0 aromatic carbocycles. The van der Waals surface area contributed by atoms with Gasteiger partial charge in [0.1, 0.15) is 10.6 Å². The first-order valence-electron chi connectivity index (χ1n) is 7.15. The molecule has 2 aliphatic carbocycles. The molecule has 1 aromatic heterocycles. The van der Waals surface area contributed by atoms with Crippen LogP contribution in [0, 0.1) is 0 Å². The van der Waals surface area contributed by atoms with Gasteiger partial charge in [-0.1, -0.05) is 12.8 Å². The average Bonchev–Trinajstić information content (AvgIpc) is 2.90. The van der Waals surface area contributed by atoms with Gasteiger partial charge in [0.05, 0.1) is 0 Å². The Morgan fingerprint density at radius 1 is 1.44 bits per heavy atom. The van der Waals surface area contributed by atoms with Gasteiger partial charge in [-0.2, -0.15) is 0 Å². The lowest BCUT2D eigenvalue weighted by molar-refractivity contribution is -0.0391. The number of aromatic nitrogens is 1. The quantitative estimate of drug-likeness (QED) is 0.858. The Balaban J connectivity index is 1.69. The van der Waals surface area contributed by atoms with E-state index in [1.165, 1.54) is 35.6 Å². The largest absolute Gasteiger partial charge is 0.368 e. The molecule has 0 radical (unpaired) electrons. The predicted molar refractivity (Wildman–Crippen MR) is 73.7 cm³/mol. The number of thiazole rings is 1. The highest BCUT2D eigenvalue weighted by atomic mass is 32.1. The molecule has 0 atom stereocenters. The fourth-order valence-electron chi connectivity index (χ4n) is 2.77. The maximum atomic E-state index is 6.06. The van der Waals surface area contributed by atoms with Crippen LogP contribution in [0.25, 0.3) is 0 Å². The van der Waals surface area contributed by atoms with Gasteiger partial charge in [-0.15, -0.1) is 11.3 Å². The van der Waals surface area contributed by atoms with Crippen molar-refractivity contribution in [3.05, 3.63) is 16.1 Å². The van der Waals surface area contributed by atoms with E-state index >= 15 is 0 Å². The van der Waals surface area contributed by atoms with E-state index in [1.807, 2.05) is 17.5 Å². The second-order valence-corrected chi connectivity index (χ2v) is 6.54. The van der Waals surface area contributed by atoms with E-state index in [4.69, 9.17) is 4.74 Å². The van der Waals surface area contributed by atoms with E-state index in [-0.39, 0.29) is 5.60 Å². The first kappa shape index (κ1) is 12.6. The molecule has 0 saturated heterocycles. The maximum absolute atomic E-state index is 6.06. The third-order valence-electron chi connectivity index (χ3n) is 3.92. The summed E-state index contributed by atoms with van der Waals surface area (Å²) >= 11 is 1.84. The van der Waals surface area contributed by atoms with Gasteiger partial charge in [0.15, 0.2) is 0 Å². The smallest absolute Gasteiger partial charge is 0.125 e. The third-order valence-corrected chi connectivity index (χ3v) is 5.10. The van der Waals surface area contributed by atoms with Crippen LogP contribution in [0.3, 0.4) is 0 Å². The van der Waals surface area contributed by atoms with Crippen molar-refractivity contribution in [3.63, 3.8) is 0 Å². The van der Waals surface area contributed by atoms with Crippen LogP contribution in [0.5, 0.6) is 0 Å². The van der Waals surface area contributed by atoms with Gasteiger partial charge in [0.25, 0.3) is 0 Å². The zero-order valence-corrected chi connectivity index (χ0v) is 11.9. The van der Waals surface area contributed by atoms with E-state index in [0.29, 0.717) is 0 Å². The molecule has 0 amide bonds. The highest BCUT2D eigenvalue weighted by Gasteiger charge is 2.39. The Morgan fingerprint density at radius 2 is 2.22 bits per heavy atom. The van der Waals surface area contributed by atoms with Crippen LogP contribution in [0.4, 0.5) is 0 Å². The van der Waals surface area contributed by atoms with E-state index in [2.05, 4.69) is 17.2 Å². The highest BCUT2D eigenvalue weighted by molar-refractivity contribution is 7.11. The molecule has 2 saturated carbocycles. The minimum absolute atomic E-state index is 0.0583. The van der Waals surface area contributed by atoms with Gasteiger partial charge in [-0.3, -0.25) is 0 Å². The summed E-state index contributed by atoms with van der Waals surface area (Å²) in [7, 11) is 0. The van der Waals surface area contributed by atoms with Crippen LogP contribution in [0.1, 0.15) is 55.3 Å². The second-order valence-electron chi connectivity index (χ2n) is 5.42. The summed E-state index contributed by atoms with van der Waals surface area (Å²) in [6.07, 6.45) is 9.55. The number of hydrogen-bond donors (Lipinski definition) is 1. The van der Waals surface area contributed by atoms with Crippen molar-refractivity contribution in [1.82, 2.24) is 10.3 Å². The molecule has 2 aliphatic rings. The van der Waals surface area contributed by atoms with Crippen LogP contribution in [-0.4, -0.2) is 17.6 Å². The van der Waals surface area contributed by atoms with Crippen LogP contribution < -0.4 is 5.32 Å². The van der Waals surface area contributed by atoms with Gasteiger partial charge >= 0.3 is 0 Å². The summed E-state index contributed by atoms with van der Waals surface area (Å²) < 4.78 is 6.06. The molecule has 18 heavy (non-hydrogen) atoms. The summed E-state index contributed by atoms with van der Waals surface area (Å²) in [6.45, 7) is 3.85. The van der Waals surface area contributed by atoms with Crippen molar-refractivity contribution >= 4 is 11.3 Å². The Bertz CT molecular complexity index is 394. The van der Waals surface area contributed by atoms with E-state index < -0.39 is 0 Å². The molecule has 0 bridgehead atoms. The first-order chi connectivity index (χ1) is 8.82. The molecule has 2 fully saturated rings. The second kappa shape index (κ2) is 5.27. The molecule has 1 aromatic rings. The number of nitrogens with one attached hydrogen (secondary N) is 1. The molecule has 100 valence electrons. The zero-order valence-electron chi connectivity index (χ0n) is 11.1. The third kappa shape index (κ3) is 2.60. The monoisotopic (exact) mass is 266 g/mol. The molecule has 4 heteroatoms. The fourth-order valence-corrected chi connectivity index (χ4v) is 3.84. The molecule has 3 nitrogen and oxygen atoms in total. The SMILES string of the molecule is CCOC1(c2ncc(CNC3CC3)s2)CCCC1. The molecular weight excluding hydrogens is 244 g/mol. The molecule has 0 aliphatic heterocycles. The normalized spacial score (nSPS) is 22.5. The van der Waals surface area contributed by atoms with Crippen molar-refractivity contribution < 1.29 is 4.74 Å². The van der Waals surface area contributed by atoms with Gasteiger partial charge in [-0.05, 0) is 32.6 Å². The van der Waals surface area contributed by atoms with Crippen molar-refractivity contribution in [3.8, 4) is 0 Å². The topological polar surface area (TPSA) is 34.1 Å². The number of ether oxygens (including phenoxy) is 1. The van der Waals surface area contributed by atoms with Crippen LogP contribution in [0.15, 0.2) is 6.20 Å². The van der Waals surface area contributed by atoms with Gasteiger partial charge in [-0.25, -0.2) is 4.98 Å². The minimum atomic E-state index is -0.0583. The van der Waals surface area contributed by atoms with Gasteiger partial charge < -0.3 is 10.1 Å². The molecule has 0 spiro atoms. The summed E-state index contributed by atoms with van der Waals surface area (Å²) in [5, 5.41) is 4.75. The Labute approximate surface area is 113 Å². The molecule has 3 rings (SSSR count). The zero-order chi connectivity index (χ0) is 12.4. The number of hydrogen-bond acceptors (Lipinski definition) is 4. The minimum Gasteiger partial charge on any atom is -0.368 e. The highest BCUT2D eigenvalue weighted by Crippen LogP contribution is 2.43. The van der Waals surface area contributed by atoms with E-state index in [0.717, 1.165) is 32.0 Å². The molecule has 1 heterocycles. The van der Waals surface area contributed by atoms with E-state index in [1.54, 1.807) is 0 Å². The van der Waals surface area contributed by atoms with E-state index in [9.17, 15) is 0 Å². The van der Waals surface area contributed by atoms with Crippen LogP contribution >= 0.6 is 11.3 Å².